The van der Waals surface area contributed by atoms with Crippen LogP contribution in [0.2, 0.25) is 0 Å². The molecule has 1 aromatic heterocycles. The number of rotatable bonds is 11. The molecule has 1 heterocycles. The van der Waals surface area contributed by atoms with Gasteiger partial charge in [0.15, 0.2) is 11.6 Å². The van der Waals surface area contributed by atoms with Crippen LogP contribution in [0.15, 0.2) is 85.1 Å². The molecule has 4 aromatic rings. The van der Waals surface area contributed by atoms with E-state index in [1.807, 2.05) is 18.2 Å². The number of nitro benzene ring substituents is 1. The minimum absolute atomic E-state index is 0.0776. The summed E-state index contributed by atoms with van der Waals surface area (Å²) >= 11 is 0. The first-order valence-electron chi connectivity index (χ1n) is 12.4. The summed E-state index contributed by atoms with van der Waals surface area (Å²) in [6.45, 7) is 1.78. The summed E-state index contributed by atoms with van der Waals surface area (Å²) in [5.41, 5.74) is -0.0260. The topological polar surface area (TPSA) is 135 Å². The Bertz CT molecular complexity index is 1590. The molecule has 10 nitrogen and oxygen atoms in total. The van der Waals surface area contributed by atoms with Crippen molar-refractivity contribution in [3.63, 3.8) is 0 Å². The summed E-state index contributed by atoms with van der Waals surface area (Å²) < 4.78 is 33.3. The highest BCUT2D eigenvalue weighted by atomic mass is 19.2. The molecule has 0 unspecified atom stereocenters. The monoisotopic (exact) mass is 562 g/mol. The molecule has 1 amide bonds. The minimum atomic E-state index is -1.47. The molecule has 4 rings (SSSR count). The van der Waals surface area contributed by atoms with Gasteiger partial charge in [-0.2, -0.15) is 0 Å². The van der Waals surface area contributed by atoms with Crippen LogP contribution in [0.25, 0.3) is 0 Å². The molecule has 41 heavy (non-hydrogen) atoms. The maximum atomic E-state index is 13.9. The van der Waals surface area contributed by atoms with Gasteiger partial charge in [0.05, 0.1) is 16.5 Å². The van der Waals surface area contributed by atoms with Gasteiger partial charge in [-0.1, -0.05) is 30.3 Å². The number of carboxylic acid groups (broad SMARTS) is 1. The maximum Gasteiger partial charge on any atom is 0.342 e. The predicted molar refractivity (Wildman–Crippen MR) is 146 cm³/mol. The highest BCUT2D eigenvalue weighted by molar-refractivity contribution is 6.09. The number of benzene rings is 3. The number of nitro groups is 1. The summed E-state index contributed by atoms with van der Waals surface area (Å²) in [4.78, 5) is 41.1. The first-order chi connectivity index (χ1) is 19.7. The molecule has 0 spiro atoms. The number of pyridine rings is 1. The Balaban J connectivity index is 1.63. The lowest BCUT2D eigenvalue weighted by Gasteiger charge is -2.25. The van der Waals surface area contributed by atoms with E-state index in [9.17, 15) is 33.6 Å². The molecule has 1 atom stereocenters. The summed E-state index contributed by atoms with van der Waals surface area (Å²) in [5, 5.41) is 23.8. The molecule has 2 N–H and O–H groups in total. The zero-order valence-electron chi connectivity index (χ0n) is 21.7. The van der Waals surface area contributed by atoms with Crippen LogP contribution >= 0.6 is 0 Å². The summed E-state index contributed by atoms with van der Waals surface area (Å²) in [5.74, 6) is -3.83. The first-order valence-corrected chi connectivity index (χ1v) is 12.4. The third-order valence-corrected chi connectivity index (χ3v) is 6.14. The van der Waals surface area contributed by atoms with Crippen molar-refractivity contribution in [3.05, 3.63) is 123 Å². The molecule has 0 fully saturated rings. The van der Waals surface area contributed by atoms with Crippen molar-refractivity contribution in [1.29, 1.82) is 0 Å². The second kappa shape index (κ2) is 12.6. The quantitative estimate of drug-likeness (QED) is 0.171. The van der Waals surface area contributed by atoms with Crippen LogP contribution < -0.4 is 15.0 Å². The number of aromatic carboxylic acids is 1. The van der Waals surface area contributed by atoms with Gasteiger partial charge in [-0.05, 0) is 42.8 Å². The van der Waals surface area contributed by atoms with Gasteiger partial charge in [-0.15, -0.1) is 0 Å². The van der Waals surface area contributed by atoms with E-state index in [0.717, 1.165) is 29.8 Å². The van der Waals surface area contributed by atoms with E-state index in [1.165, 1.54) is 23.2 Å². The lowest BCUT2D eigenvalue weighted by atomic mass is 10.1. The predicted octanol–water partition coefficient (Wildman–Crippen LogP) is 5.87. The molecule has 12 heteroatoms. The van der Waals surface area contributed by atoms with Crippen molar-refractivity contribution >= 4 is 29.1 Å². The van der Waals surface area contributed by atoms with E-state index >= 15 is 0 Å². The fourth-order valence-electron chi connectivity index (χ4n) is 4.12. The molecule has 0 radical (unpaired) electrons. The minimum Gasteiger partial charge on any atom is -0.491 e. The van der Waals surface area contributed by atoms with Crippen LogP contribution in [0.5, 0.6) is 5.75 Å². The van der Waals surface area contributed by atoms with Crippen LogP contribution in [-0.2, 0) is 0 Å². The molecular weight excluding hydrogens is 538 g/mol. The second-order valence-corrected chi connectivity index (χ2v) is 8.71. The van der Waals surface area contributed by atoms with Crippen LogP contribution in [-0.4, -0.2) is 40.0 Å². The molecule has 0 bridgehead atoms. The van der Waals surface area contributed by atoms with Gasteiger partial charge in [0.25, 0.3) is 11.6 Å². The number of ether oxygens (including phenoxy) is 1. The third-order valence-electron chi connectivity index (χ3n) is 6.14. The standard InChI is InChI=1S/C29H24F2N4O6/c1-2-34(19-10-12-23(30)24(31)15-19)28(36)21-9-6-14-32-27(21)33-25(18-7-4-3-5-8-18)17-41-20-11-13-26(35(39)40)22(16-20)29(37)38/h3-16,25H,2,17H2,1H3,(H,32,33)(H,37,38)/t25-/m0/s1. The maximum absolute atomic E-state index is 13.9. The van der Waals surface area contributed by atoms with E-state index in [4.69, 9.17) is 4.74 Å². The summed E-state index contributed by atoms with van der Waals surface area (Å²) in [6, 6.07) is 18.1. The Morgan fingerprint density at radius 2 is 1.78 bits per heavy atom. The molecule has 0 saturated carbocycles. The highest BCUT2D eigenvalue weighted by Gasteiger charge is 2.24. The van der Waals surface area contributed by atoms with Crippen LogP contribution in [0.1, 0.15) is 39.2 Å². The van der Waals surface area contributed by atoms with Crippen molar-refractivity contribution in [2.24, 2.45) is 0 Å². The smallest absolute Gasteiger partial charge is 0.342 e. The fraction of sp³-hybridized carbons (Fsp3) is 0.138. The van der Waals surface area contributed by atoms with Gasteiger partial charge in [0, 0.05) is 36.6 Å². The van der Waals surface area contributed by atoms with Crippen LogP contribution in [0, 0.1) is 21.7 Å². The molecule has 0 aliphatic carbocycles. The fourth-order valence-corrected chi connectivity index (χ4v) is 4.12. The number of carbonyl (C=O) groups excluding carboxylic acids is 1. The number of hydrogen-bond donors (Lipinski definition) is 2. The first kappa shape index (κ1) is 28.6. The van der Waals surface area contributed by atoms with E-state index in [-0.39, 0.29) is 36.0 Å². The van der Waals surface area contributed by atoms with Crippen molar-refractivity contribution in [2.75, 3.05) is 23.4 Å². The van der Waals surface area contributed by atoms with Gasteiger partial charge in [-0.3, -0.25) is 14.9 Å². The van der Waals surface area contributed by atoms with E-state index < -0.39 is 45.7 Å². The van der Waals surface area contributed by atoms with Gasteiger partial charge >= 0.3 is 5.97 Å². The number of nitrogens with zero attached hydrogens (tertiary/aromatic N) is 3. The van der Waals surface area contributed by atoms with E-state index in [0.29, 0.717) is 0 Å². The molecule has 0 aliphatic heterocycles. The zero-order chi connectivity index (χ0) is 29.5. The van der Waals surface area contributed by atoms with Crippen LogP contribution in [0.4, 0.5) is 26.0 Å². The average molecular weight is 563 g/mol. The SMILES string of the molecule is CCN(C(=O)c1cccnc1N[C@@H](COc1ccc([N+](=O)[O-])c(C(=O)O)c1)c1ccccc1)c1ccc(F)c(F)c1. The Morgan fingerprint density at radius 1 is 1.02 bits per heavy atom. The number of aromatic nitrogens is 1. The average Bonchev–Trinajstić information content (AvgIpc) is 2.97. The Kier molecular flexibility index (Phi) is 8.82. The van der Waals surface area contributed by atoms with Crippen LogP contribution in [0.3, 0.4) is 0 Å². The molecule has 0 aliphatic rings. The third kappa shape index (κ3) is 6.61. The zero-order valence-corrected chi connectivity index (χ0v) is 21.7. The summed E-state index contributed by atoms with van der Waals surface area (Å²) in [6.07, 6.45) is 1.48. The number of carbonyl (C=O) groups is 2. The van der Waals surface area contributed by atoms with Gasteiger partial charge < -0.3 is 20.1 Å². The summed E-state index contributed by atoms with van der Waals surface area (Å²) in [7, 11) is 0. The number of anilines is 2. The number of hydrogen-bond acceptors (Lipinski definition) is 7. The van der Waals surface area contributed by atoms with E-state index in [2.05, 4.69) is 10.3 Å². The molecular formula is C29H24F2N4O6. The largest absolute Gasteiger partial charge is 0.491 e. The molecule has 0 saturated heterocycles. The second-order valence-electron chi connectivity index (χ2n) is 8.71. The number of nitrogens with one attached hydrogen (secondary N) is 1. The lowest BCUT2D eigenvalue weighted by molar-refractivity contribution is -0.385. The Morgan fingerprint density at radius 3 is 2.44 bits per heavy atom. The van der Waals surface area contributed by atoms with Crippen molar-refractivity contribution in [3.8, 4) is 5.75 Å². The van der Waals surface area contributed by atoms with Gasteiger partial charge in [0.2, 0.25) is 0 Å². The van der Waals surface area contributed by atoms with Crippen molar-refractivity contribution < 1.29 is 33.1 Å². The van der Waals surface area contributed by atoms with Gasteiger partial charge in [0.1, 0.15) is 23.7 Å². The highest BCUT2D eigenvalue weighted by Crippen LogP contribution is 2.28. The van der Waals surface area contributed by atoms with Gasteiger partial charge in [-0.25, -0.2) is 18.6 Å². The normalized spacial score (nSPS) is 11.4. The molecule has 3 aromatic carbocycles. The van der Waals surface area contributed by atoms with Crippen molar-refractivity contribution in [2.45, 2.75) is 13.0 Å². The Labute approximate surface area is 233 Å². The number of carboxylic acids is 1. The number of amides is 1. The Hall–Kier alpha value is -5.39. The van der Waals surface area contributed by atoms with Crippen molar-refractivity contribution in [1.82, 2.24) is 4.98 Å². The number of halogens is 2. The molecule has 210 valence electrons. The van der Waals surface area contributed by atoms with E-state index in [1.54, 1.807) is 31.2 Å². The lowest BCUT2D eigenvalue weighted by Crippen LogP contribution is -2.32.